The van der Waals surface area contributed by atoms with Crippen LogP contribution < -0.4 is 0 Å². The molecule has 0 bridgehead atoms. The first-order chi connectivity index (χ1) is 8.26. The molecular formula is C11H16N2O4S. The summed E-state index contributed by atoms with van der Waals surface area (Å²) in [5.41, 5.74) is 0.535. The number of carbonyl (C=O) groups is 1. The van der Waals surface area contributed by atoms with Crippen molar-refractivity contribution in [1.82, 2.24) is 9.29 Å². The number of nitrogens with zero attached hydrogens (tertiary/aromatic N) is 2. The van der Waals surface area contributed by atoms with E-state index in [4.69, 9.17) is 5.11 Å². The Bertz CT molecular complexity index is 542. The van der Waals surface area contributed by atoms with Crippen LogP contribution in [0.4, 0.5) is 0 Å². The van der Waals surface area contributed by atoms with Gasteiger partial charge in [0.15, 0.2) is 0 Å². The van der Waals surface area contributed by atoms with Crippen molar-refractivity contribution in [3.05, 3.63) is 24.0 Å². The topological polar surface area (TPSA) is 87.6 Å². The van der Waals surface area contributed by atoms with Gasteiger partial charge in [0.25, 0.3) is 0 Å². The number of aryl methyl sites for hydroxylation is 1. The Morgan fingerprint density at radius 3 is 2.67 bits per heavy atom. The molecule has 0 aromatic carbocycles. The molecule has 1 heterocycles. The molecule has 0 fully saturated rings. The molecule has 1 atom stereocenters. The van der Waals surface area contributed by atoms with E-state index >= 15 is 0 Å². The number of rotatable bonds is 5. The highest BCUT2D eigenvalue weighted by molar-refractivity contribution is 7.89. The van der Waals surface area contributed by atoms with E-state index in [-0.39, 0.29) is 11.4 Å². The third-order valence-corrected chi connectivity index (χ3v) is 4.59. The Hall–Kier alpha value is -1.47. The first-order valence-corrected chi connectivity index (χ1v) is 6.80. The van der Waals surface area contributed by atoms with Crippen molar-refractivity contribution >= 4 is 16.0 Å². The molecule has 7 heteroatoms. The maximum absolute atomic E-state index is 12.2. The minimum Gasteiger partial charge on any atom is -0.481 e. The first kappa shape index (κ1) is 14.6. The molecule has 0 saturated carbocycles. The average Bonchev–Trinajstić information content (AvgIpc) is 2.28. The Labute approximate surface area is 106 Å². The van der Waals surface area contributed by atoms with E-state index in [0.29, 0.717) is 5.56 Å². The lowest BCUT2D eigenvalue weighted by molar-refractivity contribution is -0.141. The van der Waals surface area contributed by atoms with Gasteiger partial charge in [-0.25, -0.2) is 12.7 Å². The van der Waals surface area contributed by atoms with Crippen LogP contribution in [-0.4, -0.2) is 42.4 Å². The van der Waals surface area contributed by atoms with E-state index in [1.165, 1.54) is 32.4 Å². The maximum atomic E-state index is 12.2. The molecular weight excluding hydrogens is 256 g/mol. The highest BCUT2D eigenvalue weighted by atomic mass is 32.2. The van der Waals surface area contributed by atoms with E-state index in [1.807, 2.05) is 0 Å². The van der Waals surface area contributed by atoms with Crippen molar-refractivity contribution in [2.24, 2.45) is 5.92 Å². The van der Waals surface area contributed by atoms with Crippen LogP contribution in [0.2, 0.25) is 0 Å². The number of pyridine rings is 1. The van der Waals surface area contributed by atoms with Crippen LogP contribution in [0.5, 0.6) is 0 Å². The molecule has 1 unspecified atom stereocenters. The monoisotopic (exact) mass is 272 g/mol. The van der Waals surface area contributed by atoms with Gasteiger partial charge in [0, 0.05) is 26.0 Å². The lowest BCUT2D eigenvalue weighted by Crippen LogP contribution is -2.34. The molecule has 1 rings (SSSR count). The van der Waals surface area contributed by atoms with E-state index in [9.17, 15) is 13.2 Å². The van der Waals surface area contributed by atoms with Crippen LogP contribution in [0, 0.1) is 12.8 Å². The summed E-state index contributed by atoms with van der Waals surface area (Å²) in [4.78, 5) is 14.7. The summed E-state index contributed by atoms with van der Waals surface area (Å²) in [5, 5.41) is 8.79. The smallest absolute Gasteiger partial charge is 0.307 e. The fourth-order valence-electron chi connectivity index (χ4n) is 1.48. The van der Waals surface area contributed by atoms with Gasteiger partial charge in [0.1, 0.15) is 0 Å². The van der Waals surface area contributed by atoms with Crippen LogP contribution in [0.3, 0.4) is 0 Å². The van der Waals surface area contributed by atoms with Crippen molar-refractivity contribution in [3.8, 4) is 0 Å². The van der Waals surface area contributed by atoms with Crippen molar-refractivity contribution in [3.63, 3.8) is 0 Å². The molecule has 0 aliphatic carbocycles. The summed E-state index contributed by atoms with van der Waals surface area (Å²) in [7, 11) is -2.30. The molecule has 0 aliphatic rings. The number of hydrogen-bond acceptors (Lipinski definition) is 4. The zero-order valence-electron chi connectivity index (χ0n) is 10.5. The summed E-state index contributed by atoms with van der Waals surface area (Å²) in [6.07, 6.45) is 2.86. The van der Waals surface area contributed by atoms with Gasteiger partial charge in [-0.05, 0) is 18.6 Å². The molecule has 6 nitrogen and oxygen atoms in total. The largest absolute Gasteiger partial charge is 0.481 e. The minimum absolute atomic E-state index is 0.0700. The van der Waals surface area contributed by atoms with Gasteiger partial charge in [-0.1, -0.05) is 6.92 Å². The molecule has 0 saturated heterocycles. The lowest BCUT2D eigenvalue weighted by Gasteiger charge is -2.20. The molecule has 1 aromatic rings. The van der Waals surface area contributed by atoms with E-state index in [1.54, 1.807) is 6.92 Å². The van der Waals surface area contributed by atoms with E-state index in [0.717, 1.165) is 4.31 Å². The van der Waals surface area contributed by atoms with Crippen molar-refractivity contribution < 1.29 is 18.3 Å². The summed E-state index contributed by atoms with van der Waals surface area (Å²) >= 11 is 0. The first-order valence-electron chi connectivity index (χ1n) is 5.36. The zero-order valence-corrected chi connectivity index (χ0v) is 11.3. The summed E-state index contributed by atoms with van der Waals surface area (Å²) < 4.78 is 25.5. The van der Waals surface area contributed by atoms with E-state index in [2.05, 4.69) is 4.98 Å². The molecule has 1 aromatic heterocycles. The quantitative estimate of drug-likeness (QED) is 0.853. The zero-order chi connectivity index (χ0) is 13.9. The van der Waals surface area contributed by atoms with Crippen molar-refractivity contribution in [2.45, 2.75) is 18.7 Å². The lowest BCUT2D eigenvalue weighted by atomic mass is 10.2. The fourth-order valence-corrected chi connectivity index (χ4v) is 2.93. The Balaban J connectivity index is 3.01. The second kappa shape index (κ2) is 5.45. The number of carboxylic acid groups (broad SMARTS) is 1. The summed E-state index contributed by atoms with van der Waals surface area (Å²) in [5.74, 6) is -1.78. The van der Waals surface area contributed by atoms with Gasteiger partial charge in [0.2, 0.25) is 10.0 Å². The highest BCUT2D eigenvalue weighted by Crippen LogP contribution is 2.18. The summed E-state index contributed by atoms with van der Waals surface area (Å²) in [6, 6.07) is 1.41. The van der Waals surface area contributed by atoms with Crippen LogP contribution in [0.1, 0.15) is 12.5 Å². The predicted molar refractivity (Wildman–Crippen MR) is 65.6 cm³/mol. The molecule has 1 N–H and O–H groups in total. The number of carboxylic acids is 1. The Morgan fingerprint density at radius 1 is 1.56 bits per heavy atom. The van der Waals surface area contributed by atoms with Crippen LogP contribution in [-0.2, 0) is 14.8 Å². The number of sulfonamides is 1. The SMILES string of the molecule is Cc1cnccc1S(=O)(=O)N(C)CC(C)C(=O)O. The Kier molecular flexibility index (Phi) is 4.42. The standard InChI is InChI=1S/C11H16N2O4S/c1-8-6-12-5-4-10(8)18(16,17)13(3)7-9(2)11(14)15/h4-6,9H,7H2,1-3H3,(H,14,15). The molecule has 0 aliphatic heterocycles. The second-order valence-electron chi connectivity index (χ2n) is 4.17. The van der Waals surface area contributed by atoms with Crippen molar-refractivity contribution in [1.29, 1.82) is 0 Å². The molecule has 18 heavy (non-hydrogen) atoms. The maximum Gasteiger partial charge on any atom is 0.307 e. The highest BCUT2D eigenvalue weighted by Gasteiger charge is 2.25. The van der Waals surface area contributed by atoms with Crippen molar-refractivity contribution in [2.75, 3.05) is 13.6 Å². The van der Waals surface area contributed by atoms with Gasteiger partial charge in [-0.2, -0.15) is 0 Å². The third-order valence-electron chi connectivity index (χ3n) is 2.61. The van der Waals surface area contributed by atoms with Crippen LogP contribution in [0.15, 0.2) is 23.4 Å². The predicted octanol–water partition coefficient (Wildman–Crippen LogP) is 0.731. The molecule has 0 amide bonds. The van der Waals surface area contributed by atoms with Crippen LogP contribution >= 0.6 is 0 Å². The normalized spacial score (nSPS) is 13.6. The molecule has 100 valence electrons. The number of aromatic nitrogens is 1. The van der Waals surface area contributed by atoms with Gasteiger partial charge in [-0.15, -0.1) is 0 Å². The third kappa shape index (κ3) is 3.05. The van der Waals surface area contributed by atoms with Gasteiger partial charge in [0.05, 0.1) is 10.8 Å². The average molecular weight is 272 g/mol. The Morgan fingerprint density at radius 2 is 2.17 bits per heavy atom. The van der Waals surface area contributed by atoms with Gasteiger partial charge >= 0.3 is 5.97 Å². The minimum atomic E-state index is -3.67. The molecule has 0 radical (unpaired) electrons. The number of hydrogen-bond donors (Lipinski definition) is 1. The molecule has 0 spiro atoms. The van der Waals surface area contributed by atoms with Crippen LogP contribution in [0.25, 0.3) is 0 Å². The number of aliphatic carboxylic acids is 1. The fraction of sp³-hybridized carbons (Fsp3) is 0.455. The van der Waals surface area contributed by atoms with Gasteiger partial charge < -0.3 is 5.11 Å². The second-order valence-corrected chi connectivity index (χ2v) is 6.18. The van der Waals surface area contributed by atoms with Gasteiger partial charge in [-0.3, -0.25) is 9.78 Å². The van der Waals surface area contributed by atoms with E-state index < -0.39 is 21.9 Å². The summed E-state index contributed by atoms with van der Waals surface area (Å²) in [6.45, 7) is 3.04.